The highest BCUT2D eigenvalue weighted by Crippen LogP contribution is 2.49. The summed E-state index contributed by atoms with van der Waals surface area (Å²) in [5.41, 5.74) is 2.02. The number of aryl methyl sites for hydroxylation is 1. The van der Waals surface area contributed by atoms with Crippen LogP contribution in [-0.2, 0) is 11.2 Å². The highest BCUT2D eigenvalue weighted by Gasteiger charge is 2.48. The molecule has 33 heavy (non-hydrogen) atoms. The number of nitrogens with zero attached hydrogens (tertiary/aromatic N) is 1. The molecular formula is C26H28ClNO3S2. The van der Waals surface area contributed by atoms with Crippen LogP contribution < -0.4 is 0 Å². The fourth-order valence-corrected chi connectivity index (χ4v) is 7.00. The molecule has 2 bridgehead atoms. The van der Waals surface area contributed by atoms with Crippen molar-refractivity contribution in [3.63, 3.8) is 0 Å². The molecule has 1 aromatic carbocycles. The Kier molecular flexibility index (Phi) is 6.98. The first-order chi connectivity index (χ1) is 16.0. The van der Waals surface area contributed by atoms with Crippen molar-refractivity contribution in [2.45, 2.75) is 57.4 Å². The average molecular weight is 502 g/mol. The van der Waals surface area contributed by atoms with Gasteiger partial charge in [-0.15, -0.1) is 0 Å². The monoisotopic (exact) mass is 501 g/mol. The summed E-state index contributed by atoms with van der Waals surface area (Å²) in [5.74, 6) is 2.86. The average Bonchev–Trinajstić information content (AvgIpc) is 3.57. The van der Waals surface area contributed by atoms with Crippen LogP contribution in [0.2, 0.25) is 5.02 Å². The number of aliphatic hydroxyl groups excluding tert-OH is 1. The lowest BCUT2D eigenvalue weighted by Crippen LogP contribution is -2.41. The molecule has 1 N–H and O–H groups in total. The molecule has 2 aromatic rings. The lowest BCUT2D eigenvalue weighted by molar-refractivity contribution is -0.124. The van der Waals surface area contributed by atoms with E-state index in [2.05, 4.69) is 6.07 Å². The molecule has 1 amide bonds. The van der Waals surface area contributed by atoms with Crippen molar-refractivity contribution in [1.29, 1.82) is 0 Å². The number of furan rings is 1. The minimum atomic E-state index is 0.0261. The summed E-state index contributed by atoms with van der Waals surface area (Å²) >= 11 is 13.1. The Morgan fingerprint density at radius 3 is 2.70 bits per heavy atom. The zero-order valence-electron chi connectivity index (χ0n) is 18.5. The van der Waals surface area contributed by atoms with Gasteiger partial charge < -0.3 is 9.52 Å². The molecule has 0 radical (unpaired) electrons. The predicted octanol–water partition coefficient (Wildman–Crippen LogP) is 6.69. The fourth-order valence-electron chi connectivity index (χ4n) is 5.53. The van der Waals surface area contributed by atoms with Gasteiger partial charge in [-0.3, -0.25) is 9.69 Å². The molecule has 3 unspecified atom stereocenters. The number of aliphatic hydroxyl groups is 1. The number of benzene rings is 1. The molecule has 1 aliphatic heterocycles. The quantitative estimate of drug-likeness (QED) is 0.248. The second kappa shape index (κ2) is 9.95. The number of rotatable bonds is 8. The first kappa shape index (κ1) is 23.2. The van der Waals surface area contributed by atoms with Crippen molar-refractivity contribution < 1.29 is 14.3 Å². The second-order valence-electron chi connectivity index (χ2n) is 9.34. The zero-order chi connectivity index (χ0) is 22.9. The third-order valence-electron chi connectivity index (χ3n) is 7.19. The number of halogens is 1. The molecule has 174 valence electrons. The van der Waals surface area contributed by atoms with Crippen LogP contribution in [0.5, 0.6) is 0 Å². The molecule has 2 saturated carbocycles. The van der Waals surface area contributed by atoms with Crippen LogP contribution in [0.1, 0.15) is 56.3 Å². The molecular weight excluding hydrogens is 474 g/mol. The first-order valence-corrected chi connectivity index (χ1v) is 13.4. The Morgan fingerprint density at radius 1 is 1.18 bits per heavy atom. The van der Waals surface area contributed by atoms with Gasteiger partial charge in [0.2, 0.25) is 0 Å². The summed E-state index contributed by atoms with van der Waals surface area (Å²) in [6.07, 6.45) is 10.2. The normalized spacial score (nSPS) is 25.7. The van der Waals surface area contributed by atoms with Crippen LogP contribution in [-0.4, -0.2) is 32.9 Å². The minimum absolute atomic E-state index is 0.0261. The van der Waals surface area contributed by atoms with Gasteiger partial charge in [0, 0.05) is 29.3 Å². The largest absolute Gasteiger partial charge is 0.456 e. The summed E-state index contributed by atoms with van der Waals surface area (Å²) in [6, 6.07) is 9.90. The van der Waals surface area contributed by atoms with E-state index in [-0.39, 0.29) is 18.6 Å². The molecule has 3 atom stereocenters. The number of hydrogen-bond donors (Lipinski definition) is 1. The van der Waals surface area contributed by atoms with E-state index in [4.69, 9.17) is 33.3 Å². The van der Waals surface area contributed by atoms with Crippen molar-refractivity contribution in [2.24, 2.45) is 11.8 Å². The first-order valence-electron chi connectivity index (χ1n) is 11.8. The molecule has 2 aliphatic carbocycles. The van der Waals surface area contributed by atoms with E-state index in [9.17, 15) is 4.79 Å². The molecule has 5 rings (SSSR count). The third-order valence-corrected chi connectivity index (χ3v) is 8.78. The standard InChI is InChI=1S/C26H28ClNO3S2/c27-20-9-7-17(8-10-20)22-14-19(4-2-1-3-11-29)23(31-22)15-24-25(30)28(26(32)33-24)21-13-16-5-6-18(21)12-16/h7-10,14-16,18,21,29H,1-6,11-13H2. The summed E-state index contributed by atoms with van der Waals surface area (Å²) in [6.45, 7) is 0.208. The van der Waals surface area contributed by atoms with Crippen LogP contribution >= 0.6 is 35.6 Å². The second-order valence-corrected chi connectivity index (χ2v) is 11.4. The number of thioether (sulfide) groups is 1. The zero-order valence-corrected chi connectivity index (χ0v) is 20.9. The summed E-state index contributed by atoms with van der Waals surface area (Å²) in [7, 11) is 0. The van der Waals surface area contributed by atoms with Gasteiger partial charge in [-0.25, -0.2) is 0 Å². The van der Waals surface area contributed by atoms with Crippen LogP contribution in [0.4, 0.5) is 0 Å². The Hall–Kier alpha value is -1.60. The smallest absolute Gasteiger partial charge is 0.266 e. The number of amides is 1. The van der Waals surface area contributed by atoms with E-state index < -0.39 is 0 Å². The molecule has 3 fully saturated rings. The molecule has 2 heterocycles. The molecule has 1 aromatic heterocycles. The molecule has 1 saturated heterocycles. The Labute approximate surface area is 209 Å². The highest BCUT2D eigenvalue weighted by molar-refractivity contribution is 8.26. The highest BCUT2D eigenvalue weighted by atomic mass is 35.5. The van der Waals surface area contributed by atoms with Crippen LogP contribution in [0.3, 0.4) is 0 Å². The lowest BCUT2D eigenvalue weighted by Gasteiger charge is -2.30. The number of fused-ring (bicyclic) bond motifs is 2. The fraction of sp³-hybridized carbons (Fsp3) is 0.462. The van der Waals surface area contributed by atoms with Gasteiger partial charge in [-0.1, -0.05) is 48.4 Å². The Balaban J connectivity index is 1.41. The number of carbonyl (C=O) groups is 1. The van der Waals surface area contributed by atoms with Crippen molar-refractivity contribution in [1.82, 2.24) is 4.90 Å². The van der Waals surface area contributed by atoms with Gasteiger partial charge in [-0.2, -0.15) is 0 Å². The molecule has 3 aliphatic rings. The minimum Gasteiger partial charge on any atom is -0.456 e. The lowest BCUT2D eigenvalue weighted by atomic mass is 9.94. The van der Waals surface area contributed by atoms with E-state index in [0.717, 1.165) is 60.7 Å². The maximum absolute atomic E-state index is 13.4. The van der Waals surface area contributed by atoms with E-state index in [1.54, 1.807) is 0 Å². The number of hydrogen-bond acceptors (Lipinski definition) is 5. The van der Waals surface area contributed by atoms with Crippen LogP contribution in [0, 0.1) is 11.8 Å². The van der Waals surface area contributed by atoms with Gasteiger partial charge in [0.25, 0.3) is 5.91 Å². The van der Waals surface area contributed by atoms with Gasteiger partial charge in [-0.05, 0) is 86.3 Å². The van der Waals surface area contributed by atoms with Gasteiger partial charge in [0.1, 0.15) is 15.8 Å². The van der Waals surface area contributed by atoms with E-state index in [1.807, 2.05) is 35.2 Å². The number of unbranched alkanes of at least 4 members (excludes halogenated alkanes) is 2. The van der Waals surface area contributed by atoms with Crippen molar-refractivity contribution in [2.75, 3.05) is 6.61 Å². The molecule has 4 nitrogen and oxygen atoms in total. The summed E-state index contributed by atoms with van der Waals surface area (Å²) in [5, 5.41) is 9.77. The van der Waals surface area contributed by atoms with Gasteiger partial charge in [0.15, 0.2) is 0 Å². The molecule has 7 heteroatoms. The van der Waals surface area contributed by atoms with Crippen LogP contribution in [0.25, 0.3) is 17.4 Å². The maximum Gasteiger partial charge on any atom is 0.266 e. The topological polar surface area (TPSA) is 53.7 Å². The predicted molar refractivity (Wildman–Crippen MR) is 138 cm³/mol. The SMILES string of the molecule is O=C1C(=Cc2oc(-c3ccc(Cl)cc3)cc2CCCCCO)SC(=S)N1C1CC2CCC1C2. The van der Waals surface area contributed by atoms with E-state index >= 15 is 0 Å². The number of thiocarbonyl (C=S) groups is 1. The Bertz CT molecular complexity index is 1080. The van der Waals surface area contributed by atoms with Crippen molar-refractivity contribution in [3.05, 3.63) is 51.6 Å². The van der Waals surface area contributed by atoms with E-state index in [0.29, 0.717) is 20.2 Å². The van der Waals surface area contributed by atoms with E-state index in [1.165, 1.54) is 31.0 Å². The van der Waals surface area contributed by atoms with Crippen molar-refractivity contribution in [3.8, 4) is 11.3 Å². The third kappa shape index (κ3) is 4.81. The Morgan fingerprint density at radius 2 is 2.00 bits per heavy atom. The summed E-state index contributed by atoms with van der Waals surface area (Å²) < 4.78 is 6.94. The van der Waals surface area contributed by atoms with Crippen LogP contribution in [0.15, 0.2) is 39.7 Å². The maximum atomic E-state index is 13.4. The van der Waals surface area contributed by atoms with Crippen molar-refractivity contribution >= 4 is 51.9 Å². The molecule has 0 spiro atoms. The number of carbonyl (C=O) groups excluding carboxylic acids is 1. The summed E-state index contributed by atoms with van der Waals surface area (Å²) in [4.78, 5) is 15.9. The van der Waals surface area contributed by atoms with Gasteiger partial charge >= 0.3 is 0 Å². The van der Waals surface area contributed by atoms with Gasteiger partial charge in [0.05, 0.1) is 4.91 Å².